The van der Waals surface area contributed by atoms with Gasteiger partial charge in [0.2, 0.25) is 5.88 Å². The molecule has 2 rings (SSSR count). The third-order valence-corrected chi connectivity index (χ3v) is 3.12. The van der Waals surface area contributed by atoms with Crippen molar-refractivity contribution < 1.29 is 24.3 Å². The minimum Gasteiger partial charge on any atom is -0.481 e. The lowest BCUT2D eigenvalue weighted by atomic mass is 10.4. The monoisotopic (exact) mass is 296 g/mol. The molecule has 0 aromatic carbocycles. The number of carboxylic acid groups (broad SMARTS) is 1. The molecule has 2 aromatic rings. The van der Waals surface area contributed by atoms with E-state index in [1.807, 2.05) is 0 Å². The highest BCUT2D eigenvalue weighted by molar-refractivity contribution is 7.12. The Morgan fingerprint density at radius 3 is 2.80 bits per heavy atom. The molecule has 0 saturated heterocycles. The van der Waals surface area contributed by atoms with Gasteiger partial charge in [-0.25, -0.2) is 4.79 Å². The van der Waals surface area contributed by atoms with Crippen LogP contribution in [0.3, 0.4) is 0 Å². The number of ether oxygens (including phenoxy) is 2. The van der Waals surface area contributed by atoms with Crippen molar-refractivity contribution in [1.82, 2.24) is 4.98 Å². The van der Waals surface area contributed by atoms with Gasteiger partial charge in [-0.2, -0.15) is 4.98 Å². The van der Waals surface area contributed by atoms with Gasteiger partial charge in [-0.3, -0.25) is 10.1 Å². The van der Waals surface area contributed by atoms with Crippen LogP contribution in [0.2, 0.25) is 0 Å². The third kappa shape index (κ3) is 2.83. The maximum Gasteiger partial charge on any atom is 0.346 e. The first kappa shape index (κ1) is 13.7. The number of nitrogens with zero attached hydrogens (tertiary/aromatic N) is 2. The van der Waals surface area contributed by atoms with E-state index >= 15 is 0 Å². The molecule has 0 fully saturated rings. The highest BCUT2D eigenvalue weighted by Crippen LogP contribution is 2.33. The number of nitro groups is 1. The minimum atomic E-state index is -1.10. The van der Waals surface area contributed by atoms with Crippen LogP contribution < -0.4 is 9.47 Å². The Balaban J connectivity index is 2.35. The van der Waals surface area contributed by atoms with Crippen LogP contribution in [0.5, 0.6) is 17.5 Å². The van der Waals surface area contributed by atoms with Crippen LogP contribution in [-0.2, 0) is 0 Å². The van der Waals surface area contributed by atoms with Gasteiger partial charge in [0.15, 0.2) is 0 Å². The quantitative estimate of drug-likeness (QED) is 0.666. The largest absolute Gasteiger partial charge is 0.481 e. The Labute approximate surface area is 116 Å². The summed E-state index contributed by atoms with van der Waals surface area (Å²) >= 11 is 0.948. The molecule has 0 unspecified atom stereocenters. The molecule has 9 heteroatoms. The zero-order chi connectivity index (χ0) is 14.7. The summed E-state index contributed by atoms with van der Waals surface area (Å²) in [7, 11) is 1.37. The van der Waals surface area contributed by atoms with Crippen molar-refractivity contribution in [3.63, 3.8) is 0 Å². The van der Waals surface area contributed by atoms with Gasteiger partial charge in [0.1, 0.15) is 10.6 Å². The van der Waals surface area contributed by atoms with E-state index in [4.69, 9.17) is 14.6 Å². The molecule has 0 aliphatic heterocycles. The molecule has 0 amide bonds. The smallest absolute Gasteiger partial charge is 0.346 e. The molecule has 0 aliphatic carbocycles. The van der Waals surface area contributed by atoms with Gasteiger partial charge in [-0.05, 0) is 0 Å². The fraction of sp³-hybridized carbons (Fsp3) is 0.0909. The zero-order valence-electron chi connectivity index (χ0n) is 10.1. The Morgan fingerprint density at radius 1 is 1.50 bits per heavy atom. The van der Waals surface area contributed by atoms with Crippen molar-refractivity contribution >= 4 is 23.0 Å². The summed E-state index contributed by atoms with van der Waals surface area (Å²) < 4.78 is 10.1. The maximum atomic E-state index is 10.9. The van der Waals surface area contributed by atoms with Gasteiger partial charge in [0.25, 0.3) is 0 Å². The van der Waals surface area contributed by atoms with Gasteiger partial charge in [0, 0.05) is 23.6 Å². The number of hydrogen-bond acceptors (Lipinski definition) is 7. The summed E-state index contributed by atoms with van der Waals surface area (Å²) in [4.78, 5) is 24.9. The van der Waals surface area contributed by atoms with Crippen molar-refractivity contribution in [3.8, 4) is 17.5 Å². The molecule has 2 heterocycles. The molecule has 0 radical (unpaired) electrons. The topological polar surface area (TPSA) is 112 Å². The van der Waals surface area contributed by atoms with E-state index in [9.17, 15) is 14.9 Å². The van der Waals surface area contributed by atoms with E-state index in [1.165, 1.54) is 30.7 Å². The predicted octanol–water partition coefficient (Wildman–Crippen LogP) is 2.55. The number of aromatic carboxylic acids is 1. The normalized spacial score (nSPS) is 10.1. The molecule has 104 valence electrons. The van der Waals surface area contributed by atoms with E-state index < -0.39 is 10.9 Å². The van der Waals surface area contributed by atoms with Crippen LogP contribution in [0.1, 0.15) is 9.67 Å². The van der Waals surface area contributed by atoms with Crippen molar-refractivity contribution in [1.29, 1.82) is 0 Å². The van der Waals surface area contributed by atoms with E-state index in [2.05, 4.69) is 4.98 Å². The second kappa shape index (κ2) is 5.53. The first-order valence-electron chi connectivity index (χ1n) is 5.20. The fourth-order valence-electron chi connectivity index (χ4n) is 1.34. The Kier molecular flexibility index (Phi) is 3.80. The third-order valence-electron chi connectivity index (χ3n) is 2.22. The Hall–Kier alpha value is -2.68. The van der Waals surface area contributed by atoms with E-state index in [0.717, 1.165) is 11.3 Å². The van der Waals surface area contributed by atoms with E-state index in [0.29, 0.717) is 0 Å². The van der Waals surface area contributed by atoms with Crippen molar-refractivity contribution in [2.75, 3.05) is 7.11 Å². The summed E-state index contributed by atoms with van der Waals surface area (Å²) in [5.41, 5.74) is -0.339. The van der Waals surface area contributed by atoms with Gasteiger partial charge in [-0.1, -0.05) is 0 Å². The van der Waals surface area contributed by atoms with Crippen LogP contribution in [0, 0.1) is 10.1 Å². The fourth-order valence-corrected chi connectivity index (χ4v) is 1.98. The van der Waals surface area contributed by atoms with E-state index in [-0.39, 0.29) is 28.1 Å². The van der Waals surface area contributed by atoms with Crippen molar-refractivity contribution in [2.45, 2.75) is 0 Å². The second-order valence-corrected chi connectivity index (χ2v) is 4.40. The highest BCUT2D eigenvalue weighted by atomic mass is 32.1. The van der Waals surface area contributed by atoms with Crippen LogP contribution in [-0.4, -0.2) is 28.1 Å². The molecular weight excluding hydrogens is 288 g/mol. The molecular formula is C11H8N2O6S. The molecule has 1 N–H and O–H groups in total. The average molecular weight is 296 g/mol. The molecule has 20 heavy (non-hydrogen) atoms. The van der Waals surface area contributed by atoms with Crippen LogP contribution in [0.25, 0.3) is 0 Å². The number of methoxy groups -OCH3 is 1. The van der Waals surface area contributed by atoms with Gasteiger partial charge >= 0.3 is 17.5 Å². The molecule has 0 spiro atoms. The first-order chi connectivity index (χ1) is 9.51. The Bertz CT molecular complexity index is 669. The Morgan fingerprint density at radius 2 is 2.25 bits per heavy atom. The van der Waals surface area contributed by atoms with Crippen molar-refractivity contribution in [3.05, 3.63) is 38.6 Å². The predicted molar refractivity (Wildman–Crippen MR) is 68.8 cm³/mol. The number of rotatable bonds is 5. The van der Waals surface area contributed by atoms with Gasteiger partial charge < -0.3 is 14.6 Å². The summed E-state index contributed by atoms with van der Waals surface area (Å²) in [5, 5.41) is 21.1. The lowest BCUT2D eigenvalue weighted by Crippen LogP contribution is -1.97. The second-order valence-electron chi connectivity index (χ2n) is 3.49. The lowest BCUT2D eigenvalue weighted by Gasteiger charge is -2.04. The number of carbonyl (C=O) groups is 1. The number of carboxylic acids is 1. The lowest BCUT2D eigenvalue weighted by molar-refractivity contribution is -0.386. The summed E-state index contributed by atoms with van der Waals surface area (Å²) in [5.74, 6) is -1.04. The minimum absolute atomic E-state index is 0.0607. The van der Waals surface area contributed by atoms with Crippen LogP contribution in [0.15, 0.2) is 23.6 Å². The van der Waals surface area contributed by atoms with Crippen LogP contribution in [0.4, 0.5) is 5.69 Å². The average Bonchev–Trinajstić information content (AvgIpc) is 2.87. The van der Waals surface area contributed by atoms with Gasteiger partial charge in [0.05, 0.1) is 12.0 Å². The highest BCUT2D eigenvalue weighted by Gasteiger charge is 2.20. The molecule has 0 aliphatic rings. The summed E-state index contributed by atoms with van der Waals surface area (Å²) in [6, 6.07) is 3.80. The van der Waals surface area contributed by atoms with E-state index in [1.54, 1.807) is 0 Å². The molecule has 8 nitrogen and oxygen atoms in total. The number of aromatic nitrogens is 1. The van der Waals surface area contributed by atoms with Crippen LogP contribution >= 0.6 is 11.3 Å². The number of thiophene rings is 1. The molecule has 0 saturated carbocycles. The number of hydrogen-bond donors (Lipinski definition) is 1. The SMILES string of the molecule is COc1ccc([N+](=O)[O-])c(Oc2csc(C(=O)O)c2)n1. The molecule has 0 atom stereocenters. The summed E-state index contributed by atoms with van der Waals surface area (Å²) in [6.07, 6.45) is 0. The van der Waals surface area contributed by atoms with Crippen molar-refractivity contribution in [2.24, 2.45) is 0 Å². The standard InChI is InChI=1S/C11H8N2O6S/c1-18-9-3-2-7(13(16)17)10(12-9)19-6-4-8(11(14)15)20-5-6/h2-5H,1H3,(H,14,15). The summed E-state index contributed by atoms with van der Waals surface area (Å²) in [6.45, 7) is 0. The molecule has 2 aromatic heterocycles. The first-order valence-corrected chi connectivity index (χ1v) is 6.08. The van der Waals surface area contributed by atoms with Gasteiger partial charge in [-0.15, -0.1) is 11.3 Å². The molecule has 0 bridgehead atoms. The number of pyridine rings is 1. The zero-order valence-corrected chi connectivity index (χ0v) is 10.9. The maximum absolute atomic E-state index is 10.9.